The zero-order valence-electron chi connectivity index (χ0n) is 13.4. The first-order valence-corrected chi connectivity index (χ1v) is 7.31. The highest BCUT2D eigenvalue weighted by atomic mass is 16.5. The van der Waals surface area contributed by atoms with Crippen molar-refractivity contribution in [3.05, 3.63) is 65.7 Å². The predicted octanol–water partition coefficient (Wildman–Crippen LogP) is 2.90. The first kappa shape index (κ1) is 15.9. The van der Waals surface area contributed by atoms with Crippen molar-refractivity contribution in [2.45, 2.75) is 13.1 Å². The van der Waals surface area contributed by atoms with Crippen LogP contribution in [-0.4, -0.2) is 32.1 Å². The second kappa shape index (κ2) is 8.08. The maximum atomic E-state index is 5.17. The number of hydrogen-bond donors (Lipinski definition) is 1. The molecule has 2 aromatic carbocycles. The Kier molecular flexibility index (Phi) is 5.83. The number of ether oxygens (including phenoxy) is 1. The zero-order chi connectivity index (χ0) is 15.8. The van der Waals surface area contributed by atoms with Gasteiger partial charge in [0.1, 0.15) is 5.75 Å². The van der Waals surface area contributed by atoms with Crippen LogP contribution >= 0.6 is 0 Å². The van der Waals surface area contributed by atoms with Gasteiger partial charge >= 0.3 is 0 Å². The highest BCUT2D eigenvalue weighted by molar-refractivity contribution is 5.79. The number of nitrogens with zero attached hydrogens (tertiary/aromatic N) is 2. The Morgan fingerprint density at radius 1 is 1.05 bits per heavy atom. The Balaban J connectivity index is 1.91. The van der Waals surface area contributed by atoms with E-state index in [4.69, 9.17) is 4.74 Å². The summed E-state index contributed by atoms with van der Waals surface area (Å²) in [6.45, 7) is 1.55. The van der Waals surface area contributed by atoms with E-state index in [0.717, 1.165) is 24.8 Å². The van der Waals surface area contributed by atoms with E-state index in [0.29, 0.717) is 0 Å². The fourth-order valence-corrected chi connectivity index (χ4v) is 2.24. The van der Waals surface area contributed by atoms with E-state index in [1.54, 1.807) is 14.2 Å². The van der Waals surface area contributed by atoms with Crippen LogP contribution < -0.4 is 10.1 Å². The van der Waals surface area contributed by atoms with Gasteiger partial charge in [-0.25, -0.2) is 0 Å². The molecule has 22 heavy (non-hydrogen) atoms. The van der Waals surface area contributed by atoms with Gasteiger partial charge in [-0.15, -0.1) is 0 Å². The highest BCUT2D eigenvalue weighted by Crippen LogP contribution is 2.11. The molecule has 4 nitrogen and oxygen atoms in total. The molecule has 0 spiro atoms. The summed E-state index contributed by atoms with van der Waals surface area (Å²) >= 11 is 0. The van der Waals surface area contributed by atoms with Crippen molar-refractivity contribution >= 4 is 5.96 Å². The van der Waals surface area contributed by atoms with Crippen LogP contribution in [0.15, 0.2) is 59.6 Å². The summed E-state index contributed by atoms with van der Waals surface area (Å²) in [5.74, 6) is 1.74. The van der Waals surface area contributed by atoms with Crippen LogP contribution in [0, 0.1) is 0 Å². The van der Waals surface area contributed by atoms with E-state index in [2.05, 4.69) is 51.6 Å². The largest absolute Gasteiger partial charge is 0.497 e. The Hall–Kier alpha value is -2.49. The number of methoxy groups -OCH3 is 1. The molecule has 0 atom stereocenters. The van der Waals surface area contributed by atoms with E-state index >= 15 is 0 Å². The summed E-state index contributed by atoms with van der Waals surface area (Å²) in [5, 5.41) is 3.38. The van der Waals surface area contributed by atoms with E-state index in [9.17, 15) is 0 Å². The van der Waals surface area contributed by atoms with Gasteiger partial charge in [-0.05, 0) is 23.3 Å². The second-order valence-electron chi connectivity index (χ2n) is 5.09. The van der Waals surface area contributed by atoms with Crippen LogP contribution in [-0.2, 0) is 13.1 Å². The normalized spacial score (nSPS) is 11.1. The number of nitrogens with one attached hydrogen (secondary N) is 1. The Labute approximate surface area is 132 Å². The van der Waals surface area contributed by atoms with Crippen molar-refractivity contribution in [2.24, 2.45) is 4.99 Å². The molecule has 0 bridgehead atoms. The fourth-order valence-electron chi connectivity index (χ4n) is 2.24. The third-order valence-electron chi connectivity index (χ3n) is 3.45. The third kappa shape index (κ3) is 4.52. The van der Waals surface area contributed by atoms with E-state index in [1.165, 1.54) is 11.1 Å². The van der Waals surface area contributed by atoms with Crippen molar-refractivity contribution in [2.75, 3.05) is 21.2 Å². The molecule has 0 saturated heterocycles. The molecule has 0 aromatic heterocycles. The molecule has 0 amide bonds. The molecule has 0 heterocycles. The smallest absolute Gasteiger partial charge is 0.193 e. The van der Waals surface area contributed by atoms with Crippen LogP contribution in [0.25, 0.3) is 0 Å². The van der Waals surface area contributed by atoms with Gasteiger partial charge in [0.15, 0.2) is 5.96 Å². The molecule has 116 valence electrons. The van der Waals surface area contributed by atoms with Gasteiger partial charge in [0.05, 0.1) is 7.11 Å². The lowest BCUT2D eigenvalue weighted by Gasteiger charge is -2.22. The molecule has 0 aliphatic rings. The topological polar surface area (TPSA) is 36.9 Å². The van der Waals surface area contributed by atoms with Crippen LogP contribution in [0.4, 0.5) is 0 Å². The maximum Gasteiger partial charge on any atom is 0.193 e. The van der Waals surface area contributed by atoms with E-state index in [-0.39, 0.29) is 0 Å². The number of rotatable bonds is 5. The Bertz CT molecular complexity index is 593. The molecule has 0 radical (unpaired) electrons. The summed E-state index contributed by atoms with van der Waals surface area (Å²) < 4.78 is 5.17. The van der Waals surface area contributed by atoms with Crippen molar-refractivity contribution in [3.63, 3.8) is 0 Å². The minimum absolute atomic E-state index is 0.732. The summed E-state index contributed by atoms with van der Waals surface area (Å²) in [5.41, 5.74) is 2.45. The summed E-state index contributed by atoms with van der Waals surface area (Å²) in [6, 6.07) is 18.4. The summed E-state index contributed by atoms with van der Waals surface area (Å²) in [4.78, 5) is 6.45. The van der Waals surface area contributed by atoms with Crippen LogP contribution in [0.2, 0.25) is 0 Å². The fraction of sp³-hybridized carbons (Fsp3) is 0.278. The van der Waals surface area contributed by atoms with E-state index < -0.39 is 0 Å². The third-order valence-corrected chi connectivity index (χ3v) is 3.45. The lowest BCUT2D eigenvalue weighted by atomic mass is 10.2. The van der Waals surface area contributed by atoms with Gasteiger partial charge in [0.2, 0.25) is 0 Å². The minimum Gasteiger partial charge on any atom is -0.497 e. The molecule has 0 aliphatic carbocycles. The van der Waals surface area contributed by atoms with Gasteiger partial charge in [-0.1, -0.05) is 42.5 Å². The van der Waals surface area contributed by atoms with Crippen molar-refractivity contribution in [1.29, 1.82) is 0 Å². The number of benzene rings is 2. The average Bonchev–Trinajstić information content (AvgIpc) is 2.57. The lowest BCUT2D eigenvalue weighted by Crippen LogP contribution is -2.38. The molecular formula is C18H23N3O. The molecule has 0 saturated carbocycles. The molecule has 4 heteroatoms. The lowest BCUT2D eigenvalue weighted by molar-refractivity contribution is 0.414. The van der Waals surface area contributed by atoms with Gasteiger partial charge < -0.3 is 15.0 Å². The maximum absolute atomic E-state index is 5.17. The zero-order valence-corrected chi connectivity index (χ0v) is 13.4. The SMILES string of the molecule is CN=C(NCc1ccc(OC)cc1)N(C)Cc1ccccc1. The molecule has 2 rings (SSSR count). The quantitative estimate of drug-likeness (QED) is 0.681. The van der Waals surface area contributed by atoms with Gasteiger partial charge in [0.25, 0.3) is 0 Å². The van der Waals surface area contributed by atoms with Crippen LogP contribution in [0.1, 0.15) is 11.1 Å². The van der Waals surface area contributed by atoms with Crippen LogP contribution in [0.5, 0.6) is 5.75 Å². The Morgan fingerprint density at radius 3 is 2.32 bits per heavy atom. The van der Waals surface area contributed by atoms with Crippen LogP contribution in [0.3, 0.4) is 0 Å². The van der Waals surface area contributed by atoms with Crippen molar-refractivity contribution in [3.8, 4) is 5.75 Å². The molecule has 2 aromatic rings. The van der Waals surface area contributed by atoms with Crippen molar-refractivity contribution in [1.82, 2.24) is 10.2 Å². The first-order chi connectivity index (χ1) is 10.7. The molecule has 0 aliphatic heterocycles. The number of hydrogen-bond acceptors (Lipinski definition) is 2. The Morgan fingerprint density at radius 2 is 1.73 bits per heavy atom. The average molecular weight is 297 g/mol. The predicted molar refractivity (Wildman–Crippen MR) is 91.1 cm³/mol. The molecule has 0 unspecified atom stereocenters. The number of guanidine groups is 1. The van der Waals surface area contributed by atoms with Gasteiger partial charge in [0, 0.05) is 27.2 Å². The molecular weight excluding hydrogens is 274 g/mol. The monoisotopic (exact) mass is 297 g/mol. The second-order valence-corrected chi connectivity index (χ2v) is 5.09. The van der Waals surface area contributed by atoms with Gasteiger partial charge in [-0.3, -0.25) is 4.99 Å². The highest BCUT2D eigenvalue weighted by Gasteiger charge is 2.06. The van der Waals surface area contributed by atoms with Gasteiger partial charge in [-0.2, -0.15) is 0 Å². The van der Waals surface area contributed by atoms with E-state index in [1.807, 2.05) is 25.2 Å². The minimum atomic E-state index is 0.732. The standard InChI is InChI=1S/C18H23N3O/c1-19-18(21(2)14-16-7-5-4-6-8-16)20-13-15-9-11-17(22-3)12-10-15/h4-12H,13-14H2,1-3H3,(H,19,20). The number of aliphatic imine (C=N–C) groups is 1. The molecule has 1 N–H and O–H groups in total. The summed E-state index contributed by atoms with van der Waals surface area (Å²) in [6.07, 6.45) is 0. The van der Waals surface area contributed by atoms with Crippen molar-refractivity contribution < 1.29 is 4.74 Å². The first-order valence-electron chi connectivity index (χ1n) is 7.31. The summed E-state index contributed by atoms with van der Waals surface area (Å²) in [7, 11) is 5.52. The molecule has 0 fully saturated rings.